The van der Waals surface area contributed by atoms with E-state index < -0.39 is 0 Å². The van der Waals surface area contributed by atoms with Crippen LogP contribution in [-0.4, -0.2) is 23.9 Å². The molecule has 0 aliphatic heterocycles. The van der Waals surface area contributed by atoms with Crippen LogP contribution in [-0.2, 0) is 4.79 Å². The summed E-state index contributed by atoms with van der Waals surface area (Å²) in [5.74, 6) is 3.67. The van der Waals surface area contributed by atoms with E-state index in [2.05, 4.69) is 12.8 Å². The number of rotatable bonds is 6. The van der Waals surface area contributed by atoms with Gasteiger partial charge in [-0.2, -0.15) is 0 Å². The molecule has 0 aromatic heterocycles. The van der Waals surface area contributed by atoms with E-state index in [1.54, 1.807) is 0 Å². The zero-order valence-corrected chi connectivity index (χ0v) is 9.83. The van der Waals surface area contributed by atoms with Crippen LogP contribution >= 0.6 is 0 Å². The van der Waals surface area contributed by atoms with Crippen LogP contribution in [0.2, 0.25) is 0 Å². The summed E-state index contributed by atoms with van der Waals surface area (Å²) in [6.07, 6.45) is 9.83. The summed E-state index contributed by atoms with van der Waals surface area (Å²) in [7, 11) is 0. The number of terminal acetylenes is 1. The summed E-state index contributed by atoms with van der Waals surface area (Å²) in [5, 5.41) is 0. The smallest absolute Gasteiger partial charge is 0.226 e. The third-order valence-electron chi connectivity index (χ3n) is 2.91. The van der Waals surface area contributed by atoms with Gasteiger partial charge in [-0.3, -0.25) is 4.79 Å². The Morgan fingerprint density at radius 3 is 2.73 bits per heavy atom. The van der Waals surface area contributed by atoms with E-state index in [0.717, 1.165) is 25.3 Å². The number of carbonyl (C=O) groups is 1. The van der Waals surface area contributed by atoms with Crippen LogP contribution in [0, 0.1) is 24.2 Å². The molecule has 1 aliphatic carbocycles. The first-order chi connectivity index (χ1) is 7.19. The molecule has 1 saturated carbocycles. The van der Waals surface area contributed by atoms with Crippen LogP contribution in [0.1, 0.15) is 39.5 Å². The molecule has 0 spiro atoms. The van der Waals surface area contributed by atoms with E-state index in [4.69, 9.17) is 6.42 Å². The molecule has 0 N–H and O–H groups in total. The van der Waals surface area contributed by atoms with Crippen molar-refractivity contribution < 1.29 is 4.79 Å². The molecule has 84 valence electrons. The minimum Gasteiger partial charge on any atom is -0.331 e. The molecule has 1 fully saturated rings. The van der Waals surface area contributed by atoms with Gasteiger partial charge >= 0.3 is 0 Å². The van der Waals surface area contributed by atoms with Gasteiger partial charge in [0, 0.05) is 12.5 Å². The predicted octanol–water partition coefficient (Wildman–Crippen LogP) is 2.29. The maximum atomic E-state index is 12.0. The van der Waals surface area contributed by atoms with E-state index in [1.165, 1.54) is 12.8 Å². The zero-order valence-electron chi connectivity index (χ0n) is 9.83. The number of amides is 1. The van der Waals surface area contributed by atoms with Crippen LogP contribution in [0.25, 0.3) is 0 Å². The highest BCUT2D eigenvalue weighted by Crippen LogP contribution is 2.30. The van der Waals surface area contributed by atoms with Crippen molar-refractivity contribution in [2.45, 2.75) is 39.5 Å². The van der Waals surface area contributed by atoms with Crippen molar-refractivity contribution in [1.82, 2.24) is 4.90 Å². The second kappa shape index (κ2) is 5.80. The normalized spacial score (nSPS) is 16.9. The van der Waals surface area contributed by atoms with Crippen LogP contribution in [0.15, 0.2) is 0 Å². The molecule has 1 unspecified atom stereocenters. The van der Waals surface area contributed by atoms with Crippen LogP contribution in [0.3, 0.4) is 0 Å². The van der Waals surface area contributed by atoms with Crippen molar-refractivity contribution in [2.24, 2.45) is 11.8 Å². The number of hydrogen-bond donors (Lipinski definition) is 0. The maximum Gasteiger partial charge on any atom is 0.226 e. The van der Waals surface area contributed by atoms with Crippen molar-refractivity contribution in [2.75, 3.05) is 13.1 Å². The Hall–Kier alpha value is -0.970. The van der Waals surface area contributed by atoms with E-state index in [-0.39, 0.29) is 11.8 Å². The molecule has 15 heavy (non-hydrogen) atoms. The topological polar surface area (TPSA) is 20.3 Å². The monoisotopic (exact) mass is 207 g/mol. The lowest BCUT2D eigenvalue weighted by molar-refractivity contribution is -0.134. The van der Waals surface area contributed by atoms with Crippen molar-refractivity contribution in [3.63, 3.8) is 0 Å². The van der Waals surface area contributed by atoms with Gasteiger partial charge in [0.05, 0.1) is 6.54 Å². The van der Waals surface area contributed by atoms with Gasteiger partial charge in [-0.05, 0) is 25.2 Å². The Kier molecular flexibility index (Phi) is 4.68. The number of carbonyl (C=O) groups excluding carboxylic acids is 1. The number of nitrogens with zero attached hydrogens (tertiary/aromatic N) is 1. The van der Waals surface area contributed by atoms with Gasteiger partial charge < -0.3 is 4.90 Å². The second-order valence-corrected chi connectivity index (χ2v) is 4.56. The Balaban J connectivity index is 2.45. The minimum absolute atomic E-state index is 0.127. The molecule has 1 aliphatic rings. The molecule has 0 aromatic rings. The van der Waals surface area contributed by atoms with Gasteiger partial charge in [0.1, 0.15) is 0 Å². The predicted molar refractivity (Wildman–Crippen MR) is 62.2 cm³/mol. The molecule has 1 rings (SSSR count). The highest BCUT2D eigenvalue weighted by Gasteiger charge is 2.27. The molecule has 0 bridgehead atoms. The maximum absolute atomic E-state index is 12.0. The van der Waals surface area contributed by atoms with Crippen molar-refractivity contribution in [3.8, 4) is 12.3 Å². The Morgan fingerprint density at radius 1 is 1.60 bits per heavy atom. The average Bonchev–Trinajstić information content (AvgIpc) is 3.00. The van der Waals surface area contributed by atoms with Crippen molar-refractivity contribution in [1.29, 1.82) is 0 Å². The molecule has 0 saturated heterocycles. The number of hydrogen-bond acceptors (Lipinski definition) is 1. The van der Waals surface area contributed by atoms with Gasteiger partial charge in [-0.25, -0.2) is 0 Å². The van der Waals surface area contributed by atoms with Crippen LogP contribution in [0.4, 0.5) is 0 Å². The lowest BCUT2D eigenvalue weighted by Gasteiger charge is -2.23. The molecule has 1 atom stereocenters. The highest BCUT2D eigenvalue weighted by molar-refractivity contribution is 5.78. The summed E-state index contributed by atoms with van der Waals surface area (Å²) < 4.78 is 0. The van der Waals surface area contributed by atoms with E-state index in [0.29, 0.717) is 6.54 Å². The van der Waals surface area contributed by atoms with Gasteiger partial charge in [-0.15, -0.1) is 6.42 Å². The van der Waals surface area contributed by atoms with Crippen LogP contribution < -0.4 is 0 Å². The average molecular weight is 207 g/mol. The van der Waals surface area contributed by atoms with Crippen molar-refractivity contribution >= 4 is 5.91 Å². The molecule has 1 amide bonds. The first kappa shape index (κ1) is 12.1. The molecule has 2 heteroatoms. The fourth-order valence-electron chi connectivity index (χ4n) is 1.82. The van der Waals surface area contributed by atoms with Gasteiger partial charge in [0.2, 0.25) is 5.91 Å². The summed E-state index contributed by atoms with van der Waals surface area (Å²) in [4.78, 5) is 13.9. The van der Waals surface area contributed by atoms with Gasteiger partial charge in [-0.1, -0.05) is 26.2 Å². The Labute approximate surface area is 93.0 Å². The summed E-state index contributed by atoms with van der Waals surface area (Å²) >= 11 is 0. The van der Waals surface area contributed by atoms with Gasteiger partial charge in [0.25, 0.3) is 0 Å². The third-order valence-corrected chi connectivity index (χ3v) is 2.91. The fourth-order valence-corrected chi connectivity index (χ4v) is 1.82. The quantitative estimate of drug-likeness (QED) is 0.612. The summed E-state index contributed by atoms with van der Waals surface area (Å²) in [6.45, 7) is 5.46. The zero-order chi connectivity index (χ0) is 11.3. The summed E-state index contributed by atoms with van der Waals surface area (Å²) in [6, 6.07) is 0. The van der Waals surface area contributed by atoms with Crippen molar-refractivity contribution in [3.05, 3.63) is 0 Å². The van der Waals surface area contributed by atoms with E-state index >= 15 is 0 Å². The van der Waals surface area contributed by atoms with E-state index in [9.17, 15) is 4.79 Å². The lowest BCUT2D eigenvalue weighted by Crippen LogP contribution is -2.37. The first-order valence-corrected chi connectivity index (χ1v) is 5.91. The third kappa shape index (κ3) is 3.95. The molecular formula is C13H21NO. The molecular weight excluding hydrogens is 186 g/mol. The Morgan fingerprint density at radius 2 is 2.27 bits per heavy atom. The molecule has 0 heterocycles. The molecule has 2 nitrogen and oxygen atoms in total. The largest absolute Gasteiger partial charge is 0.331 e. The molecule has 0 radical (unpaired) electrons. The summed E-state index contributed by atoms with van der Waals surface area (Å²) in [5.41, 5.74) is 0. The SMILES string of the molecule is C#CCN(CC1CC1)C(=O)C(C)CCC. The van der Waals surface area contributed by atoms with Crippen LogP contribution in [0.5, 0.6) is 0 Å². The molecule has 0 aromatic carbocycles. The first-order valence-electron chi connectivity index (χ1n) is 5.91. The fraction of sp³-hybridized carbons (Fsp3) is 0.769. The minimum atomic E-state index is 0.127. The Bertz CT molecular complexity index is 250. The van der Waals surface area contributed by atoms with E-state index in [1.807, 2.05) is 11.8 Å². The van der Waals surface area contributed by atoms with Gasteiger partial charge in [0.15, 0.2) is 0 Å². The second-order valence-electron chi connectivity index (χ2n) is 4.56. The lowest BCUT2D eigenvalue weighted by atomic mass is 10.0. The standard InChI is InChI=1S/C13H21NO/c1-4-6-11(3)13(15)14(9-5-2)10-12-7-8-12/h2,11-12H,4,6-10H2,1,3H3. The highest BCUT2D eigenvalue weighted by atomic mass is 16.2.